The second-order valence-corrected chi connectivity index (χ2v) is 5.90. The van der Waals surface area contributed by atoms with E-state index in [2.05, 4.69) is 24.4 Å². The average Bonchev–Trinajstić information content (AvgIpc) is 2.55. The number of ether oxygens (including phenoxy) is 1. The number of nitrogens with one attached hydrogen (secondary N) is 1. The van der Waals surface area contributed by atoms with E-state index in [1.54, 1.807) is 0 Å². The Morgan fingerprint density at radius 1 is 1.33 bits per heavy atom. The number of rotatable bonds is 7. The Morgan fingerprint density at radius 3 is 2.90 bits per heavy atom. The van der Waals surface area contributed by atoms with Crippen LogP contribution in [-0.4, -0.2) is 19.3 Å². The van der Waals surface area contributed by atoms with Crippen LogP contribution in [0.1, 0.15) is 62.6 Å². The van der Waals surface area contributed by atoms with E-state index < -0.39 is 0 Å². The van der Waals surface area contributed by atoms with Crippen molar-refractivity contribution < 1.29 is 4.74 Å². The summed E-state index contributed by atoms with van der Waals surface area (Å²) in [4.78, 5) is 0. The fourth-order valence-corrected chi connectivity index (χ4v) is 2.87. The Hall–Kier alpha value is -1.37. The zero-order chi connectivity index (χ0) is 14.9. The van der Waals surface area contributed by atoms with Gasteiger partial charge in [0.15, 0.2) is 0 Å². The van der Waals surface area contributed by atoms with E-state index in [0.29, 0.717) is 6.10 Å². The second kappa shape index (κ2) is 8.81. The molecule has 1 atom stereocenters. The zero-order valence-electron chi connectivity index (χ0n) is 13.0. The van der Waals surface area contributed by atoms with Crippen LogP contribution in [0.15, 0.2) is 24.3 Å². The van der Waals surface area contributed by atoms with Crippen LogP contribution >= 0.6 is 0 Å². The van der Waals surface area contributed by atoms with Gasteiger partial charge in [-0.2, -0.15) is 5.26 Å². The molecule has 0 aromatic heterocycles. The first kappa shape index (κ1) is 16.0. The van der Waals surface area contributed by atoms with Gasteiger partial charge in [-0.3, -0.25) is 0 Å². The standard InChI is InChI=1S/C18H26N2O/c1-15(17-8-5-7-16(13-17)14-19)20-11-6-12-21-18-9-3-2-4-10-18/h5,7-8,13,15,18,20H,2-4,6,9-12H2,1H3. The molecule has 3 nitrogen and oxygen atoms in total. The summed E-state index contributed by atoms with van der Waals surface area (Å²) < 4.78 is 5.92. The number of benzene rings is 1. The molecule has 0 radical (unpaired) electrons. The van der Waals surface area contributed by atoms with Gasteiger partial charge in [-0.25, -0.2) is 0 Å². The molecule has 2 rings (SSSR count). The molecule has 1 aromatic rings. The minimum absolute atomic E-state index is 0.271. The van der Waals surface area contributed by atoms with E-state index in [0.717, 1.165) is 25.1 Å². The van der Waals surface area contributed by atoms with E-state index >= 15 is 0 Å². The molecule has 0 heterocycles. The van der Waals surface area contributed by atoms with Crippen molar-refractivity contribution in [2.24, 2.45) is 0 Å². The lowest BCUT2D eigenvalue weighted by atomic mass is 9.98. The second-order valence-electron chi connectivity index (χ2n) is 5.90. The number of hydrogen-bond acceptors (Lipinski definition) is 3. The zero-order valence-corrected chi connectivity index (χ0v) is 13.0. The summed E-state index contributed by atoms with van der Waals surface area (Å²) in [6.45, 7) is 3.94. The maximum Gasteiger partial charge on any atom is 0.0991 e. The van der Waals surface area contributed by atoms with Crippen LogP contribution in [0.4, 0.5) is 0 Å². The molecule has 1 aliphatic carbocycles. The molecule has 1 unspecified atom stereocenters. The Balaban J connectivity index is 1.62. The Labute approximate surface area is 128 Å². The molecular weight excluding hydrogens is 260 g/mol. The largest absolute Gasteiger partial charge is 0.378 e. The van der Waals surface area contributed by atoms with E-state index in [9.17, 15) is 0 Å². The first-order valence-electron chi connectivity index (χ1n) is 8.14. The van der Waals surface area contributed by atoms with Gasteiger partial charge in [0.25, 0.3) is 0 Å². The third kappa shape index (κ3) is 5.49. The minimum atomic E-state index is 0.271. The van der Waals surface area contributed by atoms with Gasteiger partial charge in [-0.1, -0.05) is 31.4 Å². The van der Waals surface area contributed by atoms with E-state index in [1.165, 1.54) is 37.7 Å². The summed E-state index contributed by atoms with van der Waals surface area (Å²) in [6.07, 6.45) is 8.06. The van der Waals surface area contributed by atoms with Crippen molar-refractivity contribution in [1.29, 1.82) is 5.26 Å². The molecule has 114 valence electrons. The maximum atomic E-state index is 8.93. The molecule has 0 amide bonds. The SMILES string of the molecule is CC(NCCCOC1CCCCC1)c1cccc(C#N)c1. The fraction of sp³-hybridized carbons (Fsp3) is 0.611. The van der Waals surface area contributed by atoms with Crippen molar-refractivity contribution in [3.8, 4) is 6.07 Å². The molecule has 0 aliphatic heterocycles. The van der Waals surface area contributed by atoms with Crippen LogP contribution in [-0.2, 0) is 4.74 Å². The quantitative estimate of drug-likeness (QED) is 0.772. The predicted molar refractivity (Wildman–Crippen MR) is 85.0 cm³/mol. The summed E-state index contributed by atoms with van der Waals surface area (Å²) in [5.41, 5.74) is 1.89. The van der Waals surface area contributed by atoms with Crippen molar-refractivity contribution in [1.82, 2.24) is 5.32 Å². The number of hydrogen-bond donors (Lipinski definition) is 1. The Bertz CT molecular complexity index is 461. The van der Waals surface area contributed by atoms with Crippen LogP contribution in [0, 0.1) is 11.3 Å². The first-order valence-corrected chi connectivity index (χ1v) is 8.14. The van der Waals surface area contributed by atoms with E-state index in [1.807, 2.05) is 18.2 Å². The van der Waals surface area contributed by atoms with Crippen molar-refractivity contribution >= 4 is 0 Å². The molecule has 21 heavy (non-hydrogen) atoms. The maximum absolute atomic E-state index is 8.93. The van der Waals surface area contributed by atoms with Crippen molar-refractivity contribution in [3.63, 3.8) is 0 Å². The lowest BCUT2D eigenvalue weighted by Gasteiger charge is -2.22. The van der Waals surface area contributed by atoms with Crippen LogP contribution in [0.2, 0.25) is 0 Å². The smallest absolute Gasteiger partial charge is 0.0991 e. The van der Waals surface area contributed by atoms with Crippen LogP contribution in [0.5, 0.6) is 0 Å². The topological polar surface area (TPSA) is 45.0 Å². The number of nitriles is 1. The molecule has 3 heteroatoms. The molecule has 1 N–H and O–H groups in total. The third-order valence-electron chi connectivity index (χ3n) is 4.19. The highest BCUT2D eigenvalue weighted by Gasteiger charge is 2.13. The highest BCUT2D eigenvalue weighted by molar-refractivity contribution is 5.33. The number of nitrogens with zero attached hydrogens (tertiary/aromatic N) is 1. The fourth-order valence-electron chi connectivity index (χ4n) is 2.87. The summed E-state index contributed by atoms with van der Waals surface area (Å²) in [5, 5.41) is 12.4. The monoisotopic (exact) mass is 286 g/mol. The molecule has 1 saturated carbocycles. The van der Waals surface area contributed by atoms with Crippen molar-refractivity contribution in [2.45, 2.75) is 57.6 Å². The van der Waals surface area contributed by atoms with E-state index in [-0.39, 0.29) is 6.04 Å². The lowest BCUT2D eigenvalue weighted by molar-refractivity contribution is 0.0271. The highest BCUT2D eigenvalue weighted by atomic mass is 16.5. The third-order valence-corrected chi connectivity index (χ3v) is 4.19. The van der Waals surface area contributed by atoms with Gasteiger partial charge in [0.05, 0.1) is 17.7 Å². The van der Waals surface area contributed by atoms with Gasteiger partial charge in [0.1, 0.15) is 0 Å². The molecule has 0 bridgehead atoms. The summed E-state index contributed by atoms with van der Waals surface area (Å²) in [5.74, 6) is 0. The van der Waals surface area contributed by atoms with Gasteiger partial charge < -0.3 is 10.1 Å². The summed E-state index contributed by atoms with van der Waals surface area (Å²) >= 11 is 0. The predicted octanol–water partition coefficient (Wildman–Crippen LogP) is 3.95. The molecule has 0 saturated heterocycles. The lowest BCUT2D eigenvalue weighted by Crippen LogP contribution is -2.23. The van der Waals surface area contributed by atoms with Gasteiger partial charge in [-0.05, 0) is 50.4 Å². The van der Waals surface area contributed by atoms with Crippen LogP contribution in [0.25, 0.3) is 0 Å². The average molecular weight is 286 g/mol. The van der Waals surface area contributed by atoms with Gasteiger partial charge >= 0.3 is 0 Å². The van der Waals surface area contributed by atoms with Gasteiger partial charge in [0.2, 0.25) is 0 Å². The van der Waals surface area contributed by atoms with Crippen molar-refractivity contribution in [3.05, 3.63) is 35.4 Å². The highest BCUT2D eigenvalue weighted by Crippen LogP contribution is 2.20. The molecule has 1 aromatic carbocycles. The van der Waals surface area contributed by atoms with Crippen molar-refractivity contribution in [2.75, 3.05) is 13.2 Å². The molecule has 1 aliphatic rings. The summed E-state index contributed by atoms with van der Waals surface area (Å²) in [6, 6.07) is 10.3. The van der Waals surface area contributed by atoms with E-state index in [4.69, 9.17) is 10.00 Å². The van der Waals surface area contributed by atoms with Crippen LogP contribution in [0.3, 0.4) is 0 Å². The van der Waals surface area contributed by atoms with Gasteiger partial charge in [-0.15, -0.1) is 0 Å². The molecule has 0 spiro atoms. The normalized spacial score (nSPS) is 17.3. The van der Waals surface area contributed by atoms with Gasteiger partial charge in [0, 0.05) is 12.6 Å². The first-order chi connectivity index (χ1) is 10.3. The molecule has 1 fully saturated rings. The van der Waals surface area contributed by atoms with Crippen LogP contribution < -0.4 is 5.32 Å². The molecular formula is C18H26N2O. The minimum Gasteiger partial charge on any atom is -0.378 e. The Morgan fingerprint density at radius 2 is 2.14 bits per heavy atom. The summed E-state index contributed by atoms with van der Waals surface area (Å²) in [7, 11) is 0. The Kier molecular flexibility index (Phi) is 6.72.